The molecule has 0 saturated carbocycles. The molecular weight excluding hydrogens is 1040 g/mol. The molecule has 0 spiro atoms. The second kappa shape index (κ2) is 64.9. The summed E-state index contributed by atoms with van der Waals surface area (Å²) in [6, 6.07) is -0.802. The minimum absolute atomic E-state index is 0.0139. The highest BCUT2D eigenvalue weighted by molar-refractivity contribution is 7.45. The van der Waals surface area contributed by atoms with E-state index >= 15 is 0 Å². The number of amides is 1. The summed E-state index contributed by atoms with van der Waals surface area (Å²) in [5.41, 5.74) is 0. The molecule has 0 aromatic carbocycles. The zero-order valence-electron chi connectivity index (χ0n) is 56.2. The van der Waals surface area contributed by atoms with Crippen LogP contribution in [0.1, 0.15) is 367 Å². The number of nitrogens with zero attached hydrogens (tertiary/aromatic N) is 1. The molecule has 0 rings (SSSR count). The van der Waals surface area contributed by atoms with Gasteiger partial charge in [0.05, 0.1) is 39.9 Å². The Balaban J connectivity index is 3.98. The fourth-order valence-electron chi connectivity index (χ4n) is 11.2. The molecule has 0 fully saturated rings. The number of aliphatic hydroxyl groups excluding tert-OH is 1. The SMILES string of the molecule is CC/C=C\C/C=C\C/C=C\C/C=C\CCCCCCCCCCCCCCCCCCCCCCC(=O)NC(COP(=O)([O-])OCC[N+](C)(C)C)C(O)CCCCCCCCCCCCCCCCCCCCCCCCCCCCCC. The summed E-state index contributed by atoms with van der Waals surface area (Å²) in [6.45, 7) is 4.67. The number of phosphoric acid groups is 1. The number of likely N-dealkylation sites (N-methyl/N-ethyl adjacent to an activating group) is 1. The van der Waals surface area contributed by atoms with Crippen molar-refractivity contribution in [2.24, 2.45) is 0 Å². The fourth-order valence-corrected chi connectivity index (χ4v) is 11.9. The maximum Gasteiger partial charge on any atom is 0.268 e. The number of nitrogens with one attached hydrogen (secondary N) is 1. The summed E-state index contributed by atoms with van der Waals surface area (Å²) in [6.07, 6.45) is 87.7. The Morgan fingerprint density at radius 2 is 0.735 bits per heavy atom. The van der Waals surface area contributed by atoms with Gasteiger partial charge in [0.15, 0.2) is 0 Å². The first-order valence-corrected chi connectivity index (χ1v) is 37.9. The molecule has 0 aliphatic carbocycles. The zero-order chi connectivity index (χ0) is 60.5. The van der Waals surface area contributed by atoms with Gasteiger partial charge in [0.2, 0.25) is 5.91 Å². The Kier molecular flexibility index (Phi) is 63.7. The Hall–Kier alpha value is -1.54. The van der Waals surface area contributed by atoms with Crippen LogP contribution in [0.3, 0.4) is 0 Å². The predicted octanol–water partition coefficient (Wildman–Crippen LogP) is 22.8. The highest BCUT2D eigenvalue weighted by atomic mass is 31.2. The van der Waals surface area contributed by atoms with E-state index in [1.54, 1.807) is 0 Å². The van der Waals surface area contributed by atoms with E-state index in [9.17, 15) is 19.4 Å². The molecule has 83 heavy (non-hydrogen) atoms. The van der Waals surface area contributed by atoms with Crippen LogP contribution >= 0.6 is 7.82 Å². The summed E-state index contributed by atoms with van der Waals surface area (Å²) in [5.74, 6) is -0.157. The predicted molar refractivity (Wildman–Crippen MR) is 362 cm³/mol. The maximum absolute atomic E-state index is 13.1. The number of carbonyl (C=O) groups is 1. The molecule has 0 heterocycles. The number of carbonyl (C=O) groups excluding carboxylic acids is 1. The Labute approximate surface area is 518 Å². The van der Waals surface area contributed by atoms with E-state index in [4.69, 9.17) is 9.05 Å². The molecule has 0 aliphatic heterocycles. The van der Waals surface area contributed by atoms with E-state index in [0.717, 1.165) is 64.2 Å². The highest BCUT2D eigenvalue weighted by Gasteiger charge is 2.24. The molecule has 0 aromatic heterocycles. The summed E-state index contributed by atoms with van der Waals surface area (Å²) >= 11 is 0. The lowest BCUT2D eigenvalue weighted by Gasteiger charge is -2.30. The van der Waals surface area contributed by atoms with Crippen LogP contribution in [0.5, 0.6) is 0 Å². The molecule has 3 unspecified atom stereocenters. The lowest BCUT2D eigenvalue weighted by Crippen LogP contribution is -2.46. The van der Waals surface area contributed by atoms with Gasteiger partial charge in [-0.3, -0.25) is 9.36 Å². The van der Waals surface area contributed by atoms with Crippen molar-refractivity contribution in [1.82, 2.24) is 5.32 Å². The van der Waals surface area contributed by atoms with Crippen molar-refractivity contribution in [1.29, 1.82) is 0 Å². The average molecular weight is 1190 g/mol. The topological polar surface area (TPSA) is 108 Å². The van der Waals surface area contributed by atoms with Gasteiger partial charge < -0.3 is 28.8 Å². The lowest BCUT2D eigenvalue weighted by molar-refractivity contribution is -0.870. The maximum atomic E-state index is 13.1. The first-order valence-electron chi connectivity index (χ1n) is 36.5. The Bertz CT molecular complexity index is 1490. The Morgan fingerprint density at radius 3 is 1.07 bits per heavy atom. The number of aliphatic hydroxyl groups is 1. The third-order valence-electron chi connectivity index (χ3n) is 16.8. The molecule has 8 nitrogen and oxygen atoms in total. The average Bonchev–Trinajstić information content (AvgIpc) is 3.49. The third-order valence-corrected chi connectivity index (χ3v) is 17.8. The monoisotopic (exact) mass is 1190 g/mol. The molecule has 0 saturated heterocycles. The van der Waals surface area contributed by atoms with E-state index in [2.05, 4.69) is 67.8 Å². The van der Waals surface area contributed by atoms with Crippen molar-refractivity contribution >= 4 is 13.7 Å². The first-order chi connectivity index (χ1) is 40.5. The van der Waals surface area contributed by atoms with Gasteiger partial charge in [-0.25, -0.2) is 0 Å². The van der Waals surface area contributed by atoms with Crippen molar-refractivity contribution in [3.63, 3.8) is 0 Å². The van der Waals surface area contributed by atoms with Gasteiger partial charge >= 0.3 is 0 Å². The van der Waals surface area contributed by atoms with Gasteiger partial charge in [-0.05, 0) is 51.4 Å². The number of allylic oxidation sites excluding steroid dienone is 8. The van der Waals surface area contributed by atoms with Gasteiger partial charge in [-0.2, -0.15) is 0 Å². The second-order valence-electron chi connectivity index (χ2n) is 26.3. The second-order valence-corrected chi connectivity index (χ2v) is 27.7. The fraction of sp³-hybridized carbons (Fsp3) is 0.878. The van der Waals surface area contributed by atoms with Crippen LogP contribution in [-0.2, 0) is 18.4 Å². The highest BCUT2D eigenvalue weighted by Crippen LogP contribution is 2.38. The molecule has 3 atom stereocenters. The number of hydrogen-bond acceptors (Lipinski definition) is 6. The summed E-state index contributed by atoms with van der Waals surface area (Å²) < 4.78 is 23.6. The molecular formula is C74H143N2O6P. The molecule has 2 N–H and O–H groups in total. The Morgan fingerprint density at radius 1 is 0.434 bits per heavy atom. The van der Waals surface area contributed by atoms with Gasteiger partial charge in [0.1, 0.15) is 13.2 Å². The molecule has 0 aliphatic rings. The molecule has 0 bridgehead atoms. The van der Waals surface area contributed by atoms with Crippen molar-refractivity contribution in [3.05, 3.63) is 48.6 Å². The summed E-state index contributed by atoms with van der Waals surface area (Å²) in [7, 11) is 1.32. The third kappa shape index (κ3) is 67.8. The molecule has 0 radical (unpaired) electrons. The van der Waals surface area contributed by atoms with E-state index in [-0.39, 0.29) is 19.1 Å². The van der Waals surface area contributed by atoms with Crippen LogP contribution in [0.2, 0.25) is 0 Å². The van der Waals surface area contributed by atoms with Crippen molar-refractivity contribution < 1.29 is 32.9 Å². The van der Waals surface area contributed by atoms with Crippen molar-refractivity contribution in [2.45, 2.75) is 379 Å². The number of phosphoric ester groups is 1. The van der Waals surface area contributed by atoms with Gasteiger partial charge in [-0.15, -0.1) is 0 Å². The minimum atomic E-state index is -4.58. The summed E-state index contributed by atoms with van der Waals surface area (Å²) in [4.78, 5) is 25.7. The molecule has 0 aromatic rings. The number of hydrogen-bond donors (Lipinski definition) is 2. The number of unbranched alkanes of at least 4 members (excludes halogenated alkanes) is 47. The normalized spacial score (nSPS) is 13.9. The zero-order valence-corrected chi connectivity index (χ0v) is 57.1. The van der Waals surface area contributed by atoms with E-state index in [1.807, 2.05) is 21.1 Å². The molecule has 490 valence electrons. The quantitative estimate of drug-likeness (QED) is 0.0272. The van der Waals surface area contributed by atoms with Crippen LogP contribution in [0.15, 0.2) is 48.6 Å². The largest absolute Gasteiger partial charge is 0.756 e. The van der Waals surface area contributed by atoms with Gasteiger partial charge in [-0.1, -0.05) is 358 Å². The van der Waals surface area contributed by atoms with Gasteiger partial charge in [0, 0.05) is 6.42 Å². The van der Waals surface area contributed by atoms with Crippen molar-refractivity contribution in [2.75, 3.05) is 40.9 Å². The van der Waals surface area contributed by atoms with Crippen LogP contribution < -0.4 is 10.2 Å². The molecule has 1 amide bonds. The van der Waals surface area contributed by atoms with Crippen LogP contribution in [0, 0.1) is 0 Å². The van der Waals surface area contributed by atoms with Crippen LogP contribution in [-0.4, -0.2) is 68.5 Å². The van der Waals surface area contributed by atoms with Gasteiger partial charge in [0.25, 0.3) is 7.82 Å². The minimum Gasteiger partial charge on any atom is -0.756 e. The van der Waals surface area contributed by atoms with Crippen molar-refractivity contribution in [3.8, 4) is 0 Å². The van der Waals surface area contributed by atoms with Crippen LogP contribution in [0.25, 0.3) is 0 Å². The van der Waals surface area contributed by atoms with E-state index in [0.29, 0.717) is 23.9 Å². The summed E-state index contributed by atoms with van der Waals surface area (Å²) in [5, 5.41) is 14.1. The molecule has 9 heteroatoms. The standard InChI is InChI=1S/C74H143N2O6P/c1-6-8-10-12-14-16-18-20-22-24-26-28-30-32-34-36-37-38-39-40-42-44-46-48-50-52-54-56-58-60-62-64-66-68-74(78)75-72(71-82-83(79,80)81-70-69-76(3,4)5)73(77)67-65-63-61-59-57-55-53-51-49-47-45-43-41-35-33-31-29-27-25-23-21-19-17-15-13-11-9-7-2/h8,10,14,16,20,22,26,28,72-73,77H,6-7,9,11-13,15,17-19,21,23-25,27,29-71H2,1-5H3,(H-,75,78,79,80)/b10-8-,16-14-,22-20-,28-26-. The van der Waals surface area contributed by atoms with Crippen LogP contribution in [0.4, 0.5) is 0 Å². The lowest BCUT2D eigenvalue weighted by atomic mass is 10.0. The number of rotatable bonds is 68. The first kappa shape index (κ1) is 81.5. The van der Waals surface area contributed by atoms with E-state index < -0.39 is 20.0 Å². The number of quaternary nitrogens is 1. The smallest absolute Gasteiger partial charge is 0.268 e. The van der Waals surface area contributed by atoms with E-state index in [1.165, 1.54) is 276 Å².